The maximum absolute atomic E-state index is 14.6. The summed E-state index contributed by atoms with van der Waals surface area (Å²) in [5.41, 5.74) is 5.39. The second-order valence-electron chi connectivity index (χ2n) is 6.73. The average Bonchev–Trinajstić information content (AvgIpc) is 3.08. The number of carbonyl (C=O) groups is 2. The van der Waals surface area contributed by atoms with Crippen LogP contribution in [0.4, 0.5) is 36.4 Å². The zero-order chi connectivity index (χ0) is 24.3. The number of hydrogen-bond donors (Lipinski definition) is 2. The van der Waals surface area contributed by atoms with Gasteiger partial charge in [0.25, 0.3) is 0 Å². The number of anilines is 1. The van der Waals surface area contributed by atoms with Crippen LogP contribution in [-0.2, 0) is 15.5 Å². The van der Waals surface area contributed by atoms with Crippen LogP contribution in [0.5, 0.6) is 0 Å². The molecule has 1 aliphatic rings. The van der Waals surface area contributed by atoms with Crippen LogP contribution in [0, 0.1) is 11.6 Å². The lowest BCUT2D eigenvalue weighted by Crippen LogP contribution is -2.42. The van der Waals surface area contributed by atoms with Gasteiger partial charge in [0.2, 0.25) is 0 Å². The van der Waals surface area contributed by atoms with Crippen molar-refractivity contribution in [2.24, 2.45) is 5.73 Å². The molecular formula is C20H17F7N2O3. The van der Waals surface area contributed by atoms with Gasteiger partial charge in [0.15, 0.2) is 11.6 Å². The van der Waals surface area contributed by atoms with E-state index in [9.17, 15) is 35.5 Å². The van der Waals surface area contributed by atoms with Crippen molar-refractivity contribution in [3.63, 3.8) is 0 Å². The normalized spacial score (nSPS) is 15.6. The lowest BCUT2D eigenvalue weighted by atomic mass is 9.98. The van der Waals surface area contributed by atoms with Crippen molar-refractivity contribution in [2.45, 2.75) is 24.4 Å². The number of aliphatic carboxylic acids is 1. The van der Waals surface area contributed by atoms with Crippen molar-refractivity contribution >= 4 is 17.6 Å². The molecule has 2 aromatic carbocycles. The Labute approximate surface area is 177 Å². The van der Waals surface area contributed by atoms with Crippen LogP contribution in [0.15, 0.2) is 42.5 Å². The van der Waals surface area contributed by atoms with Crippen molar-refractivity contribution in [1.82, 2.24) is 0 Å². The van der Waals surface area contributed by atoms with E-state index in [4.69, 9.17) is 15.6 Å². The number of nitrogens with zero attached hydrogens (tertiary/aromatic N) is 1. The molecule has 1 heterocycles. The van der Waals surface area contributed by atoms with Gasteiger partial charge in [-0.15, -0.1) is 0 Å². The van der Waals surface area contributed by atoms with Crippen LogP contribution in [0.25, 0.3) is 0 Å². The summed E-state index contributed by atoms with van der Waals surface area (Å²) in [6.07, 6.45) is -4.55. The molecule has 1 amide bonds. The molecule has 1 aliphatic heterocycles. The molecule has 3 rings (SSSR count). The minimum atomic E-state index is -5.08. The number of hydrogen-bond acceptors (Lipinski definition) is 3. The van der Waals surface area contributed by atoms with Crippen molar-refractivity contribution in [3.05, 3.63) is 65.2 Å². The van der Waals surface area contributed by atoms with Gasteiger partial charge in [0.05, 0.1) is 5.56 Å². The standard InChI is InChI=1S/C18H16F4N2O.C2HF3O2/c19-14-6-3-5-13(16(14)20)18(21,22)17(25)24-10-11(8-9-23)12-4-1-2-7-15(12)24;3-2(4,5)1(6)7/h1-7,11H,8-10,23H2;(H,6,7). The molecule has 0 aliphatic carbocycles. The molecule has 12 heteroatoms. The summed E-state index contributed by atoms with van der Waals surface area (Å²) in [6, 6.07) is 9.08. The topological polar surface area (TPSA) is 83.6 Å². The maximum Gasteiger partial charge on any atom is 0.490 e. The second kappa shape index (κ2) is 9.55. The van der Waals surface area contributed by atoms with Crippen LogP contribution in [0.3, 0.4) is 0 Å². The van der Waals surface area contributed by atoms with Crippen LogP contribution >= 0.6 is 0 Å². The number of alkyl halides is 5. The first-order chi connectivity index (χ1) is 14.8. The van der Waals surface area contributed by atoms with Crippen molar-refractivity contribution in [3.8, 4) is 0 Å². The number of para-hydroxylation sites is 1. The first-order valence-electron chi connectivity index (χ1n) is 9.05. The lowest BCUT2D eigenvalue weighted by molar-refractivity contribution is -0.192. The fourth-order valence-corrected chi connectivity index (χ4v) is 3.17. The number of halogens is 7. The van der Waals surface area contributed by atoms with Crippen LogP contribution in [-0.4, -0.2) is 36.2 Å². The van der Waals surface area contributed by atoms with E-state index in [1.807, 2.05) is 0 Å². The van der Waals surface area contributed by atoms with Crippen LogP contribution in [0.1, 0.15) is 23.5 Å². The Morgan fingerprint density at radius 1 is 1.03 bits per heavy atom. The van der Waals surface area contributed by atoms with Gasteiger partial charge in [-0.3, -0.25) is 4.79 Å². The van der Waals surface area contributed by atoms with E-state index in [1.165, 1.54) is 0 Å². The van der Waals surface area contributed by atoms with E-state index in [1.54, 1.807) is 24.3 Å². The fraction of sp³-hybridized carbons (Fsp3) is 0.300. The Balaban J connectivity index is 0.000000451. The largest absolute Gasteiger partial charge is 0.490 e. The molecule has 32 heavy (non-hydrogen) atoms. The predicted molar refractivity (Wildman–Crippen MR) is 99.2 cm³/mol. The molecule has 3 N–H and O–H groups in total. The Morgan fingerprint density at radius 2 is 1.62 bits per heavy atom. The van der Waals surface area contributed by atoms with Crippen LogP contribution in [0.2, 0.25) is 0 Å². The van der Waals surface area contributed by atoms with Crippen LogP contribution < -0.4 is 10.6 Å². The minimum Gasteiger partial charge on any atom is -0.475 e. The highest BCUT2D eigenvalue weighted by Crippen LogP contribution is 2.42. The van der Waals surface area contributed by atoms with Gasteiger partial charge in [0, 0.05) is 18.2 Å². The van der Waals surface area contributed by atoms with Gasteiger partial charge in [-0.2, -0.15) is 22.0 Å². The summed E-state index contributed by atoms with van der Waals surface area (Å²) in [5.74, 6) is -11.8. The quantitative estimate of drug-likeness (QED) is 0.663. The van der Waals surface area contributed by atoms with Gasteiger partial charge < -0.3 is 15.7 Å². The monoisotopic (exact) mass is 466 g/mol. The highest BCUT2D eigenvalue weighted by atomic mass is 19.4. The molecule has 0 aromatic heterocycles. The molecule has 2 aromatic rings. The number of fused-ring (bicyclic) bond motifs is 1. The molecular weight excluding hydrogens is 449 g/mol. The van der Waals surface area contributed by atoms with E-state index < -0.39 is 41.2 Å². The molecule has 0 bridgehead atoms. The first kappa shape index (κ1) is 25.1. The molecule has 0 saturated carbocycles. The number of carbonyl (C=O) groups excluding carboxylic acids is 1. The third-order valence-electron chi connectivity index (χ3n) is 4.63. The number of carboxylic acids is 1. The van der Waals surface area contributed by atoms with Gasteiger partial charge in [-0.1, -0.05) is 24.3 Å². The molecule has 1 atom stereocenters. The summed E-state index contributed by atoms with van der Waals surface area (Å²) >= 11 is 0. The molecule has 5 nitrogen and oxygen atoms in total. The lowest BCUT2D eigenvalue weighted by Gasteiger charge is -2.24. The summed E-state index contributed by atoms with van der Waals surface area (Å²) < 4.78 is 88.1. The molecule has 1 unspecified atom stereocenters. The summed E-state index contributed by atoms with van der Waals surface area (Å²) in [6.45, 7) is 0.373. The zero-order valence-electron chi connectivity index (χ0n) is 16.2. The highest BCUT2D eigenvalue weighted by molar-refractivity contribution is 6.01. The first-order valence-corrected chi connectivity index (χ1v) is 9.05. The van der Waals surface area contributed by atoms with E-state index >= 15 is 0 Å². The number of benzene rings is 2. The van der Waals surface area contributed by atoms with Gasteiger partial charge in [-0.05, 0) is 36.7 Å². The zero-order valence-corrected chi connectivity index (χ0v) is 16.2. The Kier molecular flexibility index (Phi) is 7.50. The fourth-order valence-electron chi connectivity index (χ4n) is 3.17. The summed E-state index contributed by atoms with van der Waals surface area (Å²) in [4.78, 5) is 22.3. The number of rotatable bonds is 4. The number of amides is 1. The Bertz CT molecular complexity index is 995. The summed E-state index contributed by atoms with van der Waals surface area (Å²) in [5, 5.41) is 7.12. The van der Waals surface area contributed by atoms with Gasteiger partial charge >= 0.3 is 24.0 Å². The Hall–Kier alpha value is -3.15. The van der Waals surface area contributed by atoms with Crippen molar-refractivity contribution in [2.75, 3.05) is 18.0 Å². The molecule has 0 radical (unpaired) electrons. The molecule has 174 valence electrons. The summed E-state index contributed by atoms with van der Waals surface area (Å²) in [7, 11) is 0. The molecule has 0 spiro atoms. The van der Waals surface area contributed by atoms with E-state index in [-0.39, 0.29) is 12.5 Å². The SMILES string of the molecule is NCCC1CN(C(=O)C(F)(F)c2cccc(F)c2F)c2ccccc21.O=C(O)C(F)(F)F. The van der Waals surface area contributed by atoms with Gasteiger partial charge in [-0.25, -0.2) is 13.6 Å². The molecule has 0 saturated heterocycles. The number of nitrogens with two attached hydrogens (primary N) is 1. The van der Waals surface area contributed by atoms with E-state index in [0.717, 1.165) is 28.7 Å². The average molecular weight is 466 g/mol. The number of carboxylic acid groups (broad SMARTS) is 1. The van der Waals surface area contributed by atoms with E-state index in [0.29, 0.717) is 18.7 Å². The van der Waals surface area contributed by atoms with Crippen molar-refractivity contribution in [1.29, 1.82) is 0 Å². The third kappa shape index (κ3) is 5.18. The van der Waals surface area contributed by atoms with Crippen molar-refractivity contribution < 1.29 is 45.4 Å². The molecule has 0 fully saturated rings. The maximum atomic E-state index is 14.6. The second-order valence-corrected chi connectivity index (χ2v) is 6.73. The third-order valence-corrected chi connectivity index (χ3v) is 4.63. The highest BCUT2D eigenvalue weighted by Gasteiger charge is 2.49. The van der Waals surface area contributed by atoms with Gasteiger partial charge in [0.1, 0.15) is 0 Å². The smallest absolute Gasteiger partial charge is 0.475 e. The predicted octanol–water partition coefficient (Wildman–Crippen LogP) is 4.17. The van der Waals surface area contributed by atoms with E-state index in [2.05, 4.69) is 0 Å². The Morgan fingerprint density at radius 3 is 2.19 bits per heavy atom. The minimum absolute atomic E-state index is 0.0297.